The van der Waals surface area contributed by atoms with Crippen molar-refractivity contribution < 1.29 is 9.18 Å². The molecule has 1 N–H and O–H groups in total. The Balaban J connectivity index is 1.73. The lowest BCUT2D eigenvalue weighted by molar-refractivity contribution is 0.0937. The molecule has 1 aromatic heterocycles. The standard InChI is InChI=1S/C18H21ClFN3O/c1-22-8-4-5-16(22)17(23-9-2-3-10-23)12-21-18(24)14-7-6-13(20)11-15(14)19/h4-8,11,17H,2-3,9-10,12H2,1H3,(H,21,24)/t17-/m0/s1. The number of halogens is 2. The Kier molecular flexibility index (Phi) is 5.21. The molecular formula is C18H21ClFN3O. The minimum absolute atomic E-state index is 0.121. The predicted octanol–water partition coefficient (Wildman–Crippen LogP) is 3.38. The summed E-state index contributed by atoms with van der Waals surface area (Å²) < 4.78 is 15.2. The molecule has 0 radical (unpaired) electrons. The number of rotatable bonds is 5. The van der Waals surface area contributed by atoms with Crippen molar-refractivity contribution >= 4 is 17.5 Å². The minimum Gasteiger partial charge on any atom is -0.353 e. The molecular weight excluding hydrogens is 329 g/mol. The van der Waals surface area contributed by atoms with Crippen molar-refractivity contribution in [2.75, 3.05) is 19.6 Å². The fraction of sp³-hybridized carbons (Fsp3) is 0.389. The first-order chi connectivity index (χ1) is 11.6. The van der Waals surface area contributed by atoms with Crippen LogP contribution in [0, 0.1) is 5.82 Å². The van der Waals surface area contributed by atoms with Crippen LogP contribution in [0.3, 0.4) is 0 Å². The first-order valence-electron chi connectivity index (χ1n) is 8.15. The normalized spacial score (nSPS) is 16.3. The van der Waals surface area contributed by atoms with Crippen molar-refractivity contribution in [1.29, 1.82) is 0 Å². The van der Waals surface area contributed by atoms with Gasteiger partial charge in [-0.1, -0.05) is 11.6 Å². The van der Waals surface area contributed by atoms with E-state index in [9.17, 15) is 9.18 Å². The molecule has 0 spiro atoms. The molecule has 1 saturated heterocycles. The lowest BCUT2D eigenvalue weighted by Crippen LogP contribution is -2.37. The van der Waals surface area contributed by atoms with Crippen LogP contribution in [-0.2, 0) is 7.05 Å². The van der Waals surface area contributed by atoms with E-state index in [0.29, 0.717) is 12.1 Å². The maximum absolute atomic E-state index is 13.1. The first-order valence-corrected chi connectivity index (χ1v) is 8.52. The van der Waals surface area contributed by atoms with Gasteiger partial charge in [-0.15, -0.1) is 0 Å². The molecule has 4 nitrogen and oxygen atoms in total. The highest BCUT2D eigenvalue weighted by atomic mass is 35.5. The van der Waals surface area contributed by atoms with Gasteiger partial charge in [0.2, 0.25) is 0 Å². The monoisotopic (exact) mass is 349 g/mol. The molecule has 2 aromatic rings. The van der Waals surface area contributed by atoms with Gasteiger partial charge in [-0.2, -0.15) is 0 Å². The Morgan fingerprint density at radius 1 is 1.33 bits per heavy atom. The molecule has 1 fully saturated rings. The molecule has 128 valence electrons. The number of aryl methyl sites for hydroxylation is 1. The van der Waals surface area contributed by atoms with Crippen LogP contribution in [0.1, 0.15) is 34.9 Å². The topological polar surface area (TPSA) is 37.3 Å². The van der Waals surface area contributed by atoms with Gasteiger partial charge in [-0.05, 0) is 56.3 Å². The van der Waals surface area contributed by atoms with E-state index in [-0.39, 0.29) is 17.0 Å². The SMILES string of the molecule is Cn1cccc1[C@H](CNC(=O)c1ccc(F)cc1Cl)N1CCCC1. The predicted molar refractivity (Wildman–Crippen MR) is 92.7 cm³/mol. The van der Waals surface area contributed by atoms with Crippen molar-refractivity contribution in [2.24, 2.45) is 7.05 Å². The third-order valence-corrected chi connectivity index (χ3v) is 4.85. The van der Waals surface area contributed by atoms with Crippen LogP contribution in [0.4, 0.5) is 4.39 Å². The van der Waals surface area contributed by atoms with Gasteiger partial charge in [0.1, 0.15) is 5.82 Å². The minimum atomic E-state index is -0.449. The molecule has 1 atom stereocenters. The van der Waals surface area contributed by atoms with Crippen molar-refractivity contribution in [3.8, 4) is 0 Å². The van der Waals surface area contributed by atoms with Crippen LogP contribution in [0.15, 0.2) is 36.5 Å². The highest BCUT2D eigenvalue weighted by Gasteiger charge is 2.26. The number of amides is 1. The van der Waals surface area contributed by atoms with Gasteiger partial charge in [-0.25, -0.2) is 4.39 Å². The average molecular weight is 350 g/mol. The highest BCUT2D eigenvalue weighted by Crippen LogP contribution is 2.25. The zero-order chi connectivity index (χ0) is 17.1. The van der Waals surface area contributed by atoms with E-state index in [1.807, 2.05) is 19.3 Å². The zero-order valence-electron chi connectivity index (χ0n) is 13.6. The van der Waals surface area contributed by atoms with Gasteiger partial charge in [0.25, 0.3) is 5.91 Å². The van der Waals surface area contributed by atoms with Gasteiger partial charge in [0, 0.05) is 25.5 Å². The smallest absolute Gasteiger partial charge is 0.252 e. The second kappa shape index (κ2) is 7.36. The van der Waals surface area contributed by atoms with Gasteiger partial charge in [0.15, 0.2) is 0 Å². The molecule has 1 aliphatic rings. The summed E-state index contributed by atoms with van der Waals surface area (Å²) >= 11 is 5.98. The van der Waals surface area contributed by atoms with Gasteiger partial charge >= 0.3 is 0 Å². The van der Waals surface area contributed by atoms with Crippen LogP contribution in [0.2, 0.25) is 5.02 Å². The third-order valence-electron chi connectivity index (χ3n) is 4.54. The molecule has 0 bridgehead atoms. The number of nitrogens with zero attached hydrogens (tertiary/aromatic N) is 2. The number of benzene rings is 1. The number of carbonyl (C=O) groups is 1. The average Bonchev–Trinajstić information content (AvgIpc) is 3.20. The molecule has 2 heterocycles. The van der Waals surface area contributed by atoms with Gasteiger partial charge < -0.3 is 9.88 Å². The summed E-state index contributed by atoms with van der Waals surface area (Å²) in [5, 5.41) is 3.08. The van der Waals surface area contributed by atoms with Crippen molar-refractivity contribution in [3.05, 3.63) is 58.6 Å². The fourth-order valence-corrected chi connectivity index (χ4v) is 3.51. The number of hydrogen-bond acceptors (Lipinski definition) is 2. The summed E-state index contributed by atoms with van der Waals surface area (Å²) in [5.74, 6) is -0.728. The second-order valence-electron chi connectivity index (χ2n) is 6.14. The zero-order valence-corrected chi connectivity index (χ0v) is 14.4. The Labute approximate surface area is 146 Å². The lowest BCUT2D eigenvalue weighted by Gasteiger charge is -2.28. The molecule has 0 unspecified atom stereocenters. The summed E-state index contributed by atoms with van der Waals surface area (Å²) in [6.07, 6.45) is 4.37. The van der Waals surface area contributed by atoms with Crippen molar-refractivity contribution in [2.45, 2.75) is 18.9 Å². The summed E-state index contributed by atoms with van der Waals surface area (Å²) in [5.41, 5.74) is 1.47. The maximum atomic E-state index is 13.1. The van der Waals surface area contributed by atoms with E-state index >= 15 is 0 Å². The van der Waals surface area contributed by atoms with E-state index in [1.54, 1.807) is 0 Å². The van der Waals surface area contributed by atoms with Crippen LogP contribution in [0.25, 0.3) is 0 Å². The molecule has 1 aromatic carbocycles. The summed E-state index contributed by atoms with van der Waals surface area (Å²) in [4.78, 5) is 14.8. The number of aromatic nitrogens is 1. The van der Waals surface area contributed by atoms with E-state index < -0.39 is 5.82 Å². The molecule has 1 amide bonds. The van der Waals surface area contributed by atoms with Crippen LogP contribution >= 0.6 is 11.6 Å². The first kappa shape index (κ1) is 17.0. The summed E-state index contributed by atoms with van der Waals surface area (Å²) in [7, 11) is 2.01. The summed E-state index contributed by atoms with van der Waals surface area (Å²) in [6.45, 7) is 2.55. The molecule has 3 rings (SSSR count). The highest BCUT2D eigenvalue weighted by molar-refractivity contribution is 6.33. The quantitative estimate of drug-likeness (QED) is 0.898. The van der Waals surface area contributed by atoms with Gasteiger partial charge in [-0.3, -0.25) is 9.69 Å². The van der Waals surface area contributed by atoms with Crippen LogP contribution in [-0.4, -0.2) is 35.0 Å². The van der Waals surface area contributed by atoms with E-state index in [4.69, 9.17) is 11.6 Å². The lowest BCUT2D eigenvalue weighted by atomic mass is 10.1. The largest absolute Gasteiger partial charge is 0.353 e. The van der Waals surface area contributed by atoms with E-state index in [1.165, 1.54) is 30.7 Å². The van der Waals surface area contributed by atoms with Crippen molar-refractivity contribution in [3.63, 3.8) is 0 Å². The van der Waals surface area contributed by atoms with Crippen LogP contribution in [0.5, 0.6) is 0 Å². The number of likely N-dealkylation sites (tertiary alicyclic amines) is 1. The second-order valence-corrected chi connectivity index (χ2v) is 6.54. The summed E-state index contributed by atoms with van der Waals surface area (Å²) in [6, 6.07) is 8.04. The molecule has 0 saturated carbocycles. The third kappa shape index (κ3) is 3.62. The maximum Gasteiger partial charge on any atom is 0.252 e. The van der Waals surface area contributed by atoms with E-state index in [2.05, 4.69) is 20.9 Å². The molecule has 1 aliphatic heterocycles. The van der Waals surface area contributed by atoms with E-state index in [0.717, 1.165) is 19.2 Å². The van der Waals surface area contributed by atoms with Crippen LogP contribution < -0.4 is 5.32 Å². The number of hydrogen-bond donors (Lipinski definition) is 1. The fourth-order valence-electron chi connectivity index (χ4n) is 3.25. The molecule has 6 heteroatoms. The Bertz CT molecular complexity index is 725. The Morgan fingerprint density at radius 2 is 2.08 bits per heavy atom. The molecule has 0 aliphatic carbocycles. The Hall–Kier alpha value is -1.85. The Morgan fingerprint density at radius 3 is 2.71 bits per heavy atom. The van der Waals surface area contributed by atoms with Crippen molar-refractivity contribution in [1.82, 2.24) is 14.8 Å². The molecule has 24 heavy (non-hydrogen) atoms. The number of carbonyl (C=O) groups excluding carboxylic acids is 1. The number of nitrogens with one attached hydrogen (secondary N) is 1. The van der Waals surface area contributed by atoms with Gasteiger partial charge in [0.05, 0.1) is 16.6 Å².